The highest BCUT2D eigenvalue weighted by atomic mass is 35.5. The van der Waals surface area contributed by atoms with Gasteiger partial charge in [0.05, 0.1) is 17.8 Å². The third-order valence-electron chi connectivity index (χ3n) is 3.47. The number of nitrogens with one attached hydrogen (secondary N) is 1. The summed E-state index contributed by atoms with van der Waals surface area (Å²) >= 11 is 7.49. The van der Waals surface area contributed by atoms with E-state index in [2.05, 4.69) is 15.5 Å². The third-order valence-corrected chi connectivity index (χ3v) is 4.34. The summed E-state index contributed by atoms with van der Waals surface area (Å²) in [5.41, 5.74) is 0.776. The Morgan fingerprint density at radius 2 is 2.04 bits per heavy atom. The van der Waals surface area contributed by atoms with Crippen molar-refractivity contribution in [1.82, 2.24) is 20.1 Å². The fraction of sp³-hybridized carbons (Fsp3) is 0.118. The first-order valence-corrected chi connectivity index (χ1v) is 8.97. The van der Waals surface area contributed by atoms with Crippen LogP contribution in [-0.4, -0.2) is 26.9 Å². The van der Waals surface area contributed by atoms with Crippen molar-refractivity contribution in [2.75, 3.05) is 6.26 Å². The Hall–Kier alpha value is -2.38. The molecule has 128 valence electrons. The van der Waals surface area contributed by atoms with Crippen LogP contribution in [0.25, 0.3) is 5.69 Å². The Morgan fingerprint density at radius 1 is 1.24 bits per heavy atom. The highest BCUT2D eigenvalue weighted by molar-refractivity contribution is 7.98. The molecule has 0 saturated heterocycles. The summed E-state index contributed by atoms with van der Waals surface area (Å²) in [6.07, 6.45) is 1.88. The van der Waals surface area contributed by atoms with E-state index in [-0.39, 0.29) is 12.1 Å². The third kappa shape index (κ3) is 3.83. The lowest BCUT2D eigenvalue weighted by Gasteiger charge is -2.10. The highest BCUT2D eigenvalue weighted by Crippen LogP contribution is 2.22. The van der Waals surface area contributed by atoms with E-state index in [1.54, 1.807) is 22.8 Å². The Labute approximate surface area is 153 Å². The first-order valence-electron chi connectivity index (χ1n) is 7.37. The number of rotatable bonds is 5. The average Bonchev–Trinajstić information content (AvgIpc) is 3.03. The fourth-order valence-electron chi connectivity index (χ4n) is 2.32. The van der Waals surface area contributed by atoms with Gasteiger partial charge in [0, 0.05) is 5.02 Å². The number of hydrogen-bond acceptors (Lipinski definition) is 4. The zero-order valence-corrected chi connectivity index (χ0v) is 14.8. The molecule has 1 amide bonds. The molecule has 0 aliphatic heterocycles. The van der Waals surface area contributed by atoms with Gasteiger partial charge in [0.1, 0.15) is 5.82 Å². The number of carbonyl (C=O) groups is 1. The molecule has 0 bridgehead atoms. The highest BCUT2D eigenvalue weighted by Gasteiger charge is 2.16. The second-order valence-electron chi connectivity index (χ2n) is 5.08. The molecule has 0 aliphatic rings. The van der Waals surface area contributed by atoms with Gasteiger partial charge >= 0.3 is 0 Å². The van der Waals surface area contributed by atoms with Crippen LogP contribution in [0.15, 0.2) is 53.7 Å². The van der Waals surface area contributed by atoms with Crippen molar-refractivity contribution in [3.63, 3.8) is 0 Å². The van der Waals surface area contributed by atoms with E-state index < -0.39 is 11.7 Å². The van der Waals surface area contributed by atoms with Crippen molar-refractivity contribution >= 4 is 29.3 Å². The number of carbonyl (C=O) groups excluding carboxylic acids is 1. The van der Waals surface area contributed by atoms with Crippen LogP contribution in [0.3, 0.4) is 0 Å². The first-order chi connectivity index (χ1) is 12.1. The molecule has 0 atom stereocenters. The molecule has 1 N–H and O–H groups in total. The summed E-state index contributed by atoms with van der Waals surface area (Å²) in [5.74, 6) is -0.554. The summed E-state index contributed by atoms with van der Waals surface area (Å²) in [4.78, 5) is 12.2. The molecule has 0 spiro atoms. The second-order valence-corrected chi connectivity index (χ2v) is 6.29. The maximum atomic E-state index is 13.7. The van der Waals surface area contributed by atoms with Crippen molar-refractivity contribution < 1.29 is 9.18 Å². The fourth-order valence-corrected chi connectivity index (χ4v) is 3.02. The smallest absolute Gasteiger partial charge is 0.254 e. The van der Waals surface area contributed by atoms with Crippen LogP contribution in [-0.2, 0) is 6.54 Å². The molecule has 0 saturated carbocycles. The van der Waals surface area contributed by atoms with Crippen LogP contribution in [0.2, 0.25) is 5.02 Å². The van der Waals surface area contributed by atoms with Crippen LogP contribution >= 0.6 is 23.4 Å². The second kappa shape index (κ2) is 7.67. The number of amides is 1. The molecule has 8 heteroatoms. The van der Waals surface area contributed by atoms with Gasteiger partial charge < -0.3 is 5.32 Å². The summed E-state index contributed by atoms with van der Waals surface area (Å²) in [7, 11) is 0. The van der Waals surface area contributed by atoms with E-state index in [9.17, 15) is 9.18 Å². The average molecular weight is 377 g/mol. The topological polar surface area (TPSA) is 59.8 Å². The lowest BCUT2D eigenvalue weighted by atomic mass is 10.2. The van der Waals surface area contributed by atoms with Gasteiger partial charge in [-0.25, -0.2) is 4.39 Å². The van der Waals surface area contributed by atoms with E-state index in [1.165, 1.54) is 30.0 Å². The molecule has 3 rings (SSSR count). The monoisotopic (exact) mass is 376 g/mol. The normalized spacial score (nSPS) is 10.7. The largest absolute Gasteiger partial charge is 0.345 e. The molecular formula is C17H14ClFN4OS. The minimum Gasteiger partial charge on any atom is -0.345 e. The van der Waals surface area contributed by atoms with E-state index in [4.69, 9.17) is 11.6 Å². The number of benzene rings is 2. The van der Waals surface area contributed by atoms with Crippen molar-refractivity contribution in [1.29, 1.82) is 0 Å². The summed E-state index contributed by atoms with van der Waals surface area (Å²) in [6.45, 7) is 0.104. The molecule has 0 unspecified atom stereocenters. The Morgan fingerprint density at radius 3 is 2.76 bits per heavy atom. The van der Waals surface area contributed by atoms with Gasteiger partial charge in [0.2, 0.25) is 0 Å². The Bertz CT molecular complexity index is 915. The number of thioether (sulfide) groups is 1. The summed E-state index contributed by atoms with van der Waals surface area (Å²) < 4.78 is 15.5. The quantitative estimate of drug-likeness (QED) is 0.689. The van der Waals surface area contributed by atoms with Crippen molar-refractivity contribution in [3.8, 4) is 5.69 Å². The number of nitrogens with zero attached hydrogens (tertiary/aromatic N) is 3. The molecule has 1 aromatic heterocycles. The number of aromatic nitrogens is 3. The molecule has 0 aliphatic carbocycles. The van der Waals surface area contributed by atoms with Gasteiger partial charge in [-0.1, -0.05) is 41.6 Å². The minimum absolute atomic E-state index is 0.0126. The maximum absolute atomic E-state index is 13.7. The lowest BCUT2D eigenvalue weighted by Crippen LogP contribution is -2.25. The van der Waals surface area contributed by atoms with E-state index in [0.717, 1.165) is 5.69 Å². The number of halogens is 2. The zero-order chi connectivity index (χ0) is 17.8. The predicted molar refractivity (Wildman–Crippen MR) is 95.7 cm³/mol. The van der Waals surface area contributed by atoms with Crippen molar-refractivity contribution in [3.05, 3.63) is 70.8 Å². The Kier molecular flexibility index (Phi) is 5.35. The SMILES string of the molecule is CSc1nnc(CNC(=O)c2ccccc2F)n1-c1cccc(Cl)c1. The van der Waals surface area contributed by atoms with Gasteiger partial charge in [-0.05, 0) is 36.6 Å². The van der Waals surface area contributed by atoms with E-state index >= 15 is 0 Å². The van der Waals surface area contributed by atoms with Crippen LogP contribution in [0.4, 0.5) is 4.39 Å². The van der Waals surface area contributed by atoms with Crippen molar-refractivity contribution in [2.24, 2.45) is 0 Å². The van der Waals surface area contributed by atoms with Gasteiger partial charge in [-0.3, -0.25) is 9.36 Å². The van der Waals surface area contributed by atoms with Gasteiger partial charge in [-0.2, -0.15) is 0 Å². The molecule has 3 aromatic rings. The standard InChI is InChI=1S/C17H14ClFN4OS/c1-25-17-22-21-15(23(17)12-6-4-5-11(18)9-12)10-20-16(24)13-7-2-3-8-14(13)19/h2-9H,10H2,1H3,(H,20,24). The molecule has 0 fully saturated rings. The van der Waals surface area contributed by atoms with E-state index in [1.807, 2.05) is 18.4 Å². The first kappa shape index (κ1) is 17.4. The maximum Gasteiger partial charge on any atom is 0.254 e. The van der Waals surface area contributed by atoms with E-state index in [0.29, 0.717) is 16.0 Å². The van der Waals surface area contributed by atoms with Gasteiger partial charge in [0.15, 0.2) is 11.0 Å². The molecular weight excluding hydrogens is 363 g/mol. The summed E-state index contributed by atoms with van der Waals surface area (Å²) in [6, 6.07) is 13.1. The van der Waals surface area contributed by atoms with Gasteiger partial charge in [-0.15, -0.1) is 10.2 Å². The van der Waals surface area contributed by atoms with Crippen LogP contribution in [0.5, 0.6) is 0 Å². The zero-order valence-electron chi connectivity index (χ0n) is 13.2. The van der Waals surface area contributed by atoms with Crippen molar-refractivity contribution in [2.45, 2.75) is 11.7 Å². The van der Waals surface area contributed by atoms with Crippen LogP contribution < -0.4 is 5.32 Å². The summed E-state index contributed by atoms with van der Waals surface area (Å²) in [5, 5.41) is 12.2. The van der Waals surface area contributed by atoms with Gasteiger partial charge in [0.25, 0.3) is 5.91 Å². The molecule has 2 aromatic carbocycles. The number of hydrogen-bond donors (Lipinski definition) is 1. The van der Waals surface area contributed by atoms with Crippen LogP contribution in [0, 0.1) is 5.82 Å². The Balaban J connectivity index is 1.85. The molecule has 25 heavy (non-hydrogen) atoms. The predicted octanol–water partition coefficient (Wildman–Crippen LogP) is 3.71. The molecule has 1 heterocycles. The minimum atomic E-state index is -0.568. The molecule has 5 nitrogen and oxygen atoms in total. The molecule has 0 radical (unpaired) electrons. The lowest BCUT2D eigenvalue weighted by molar-refractivity contribution is 0.0945. The van der Waals surface area contributed by atoms with Crippen LogP contribution in [0.1, 0.15) is 16.2 Å².